The Bertz CT molecular complexity index is 1290. The van der Waals surface area contributed by atoms with Gasteiger partial charge in [-0.25, -0.2) is 0 Å². The molecule has 0 N–H and O–H groups in total. The number of nitrogens with zero attached hydrogens (tertiary/aromatic N) is 1. The fraction of sp³-hybridized carbons (Fsp3) is 0.782. The number of unbranched alkanes of at least 4 members (excludes halogenated alkanes) is 24. The standard InChI is InChI=1S/C55H100NO8P/c1-6-8-10-12-14-16-18-20-22-24-25-26-27-28-29-30-32-33-35-37-39-41-43-45-47-54(57)61-51-53(52-63-65(59,60)62-50-49-56(3,4)5)64-55(58)48-46-44-42-40-38-36-34-31-23-21-19-17-15-13-11-9-7-2/h9,11,15,17,21,23,34,36,40,42,53H,6-8,10,12-14,16,18-20,22,24-33,35,37-39,41,43-52H2,1-5H3/b11-9-,17-15-,23-21-,36-34-,42-40-. The third kappa shape index (κ3) is 51.0. The number of allylic oxidation sites excluding steroid dienone is 10. The van der Waals surface area contributed by atoms with Gasteiger partial charge in [0.2, 0.25) is 0 Å². The number of rotatable bonds is 48. The number of quaternary nitrogens is 1. The molecule has 0 aliphatic heterocycles. The van der Waals surface area contributed by atoms with Crippen LogP contribution >= 0.6 is 7.82 Å². The van der Waals surface area contributed by atoms with Crippen molar-refractivity contribution in [2.45, 2.75) is 232 Å². The zero-order valence-electron chi connectivity index (χ0n) is 42.7. The molecule has 378 valence electrons. The molecular formula is C55H100NO8P. The quantitative estimate of drug-likeness (QED) is 0.0195. The number of esters is 2. The zero-order chi connectivity index (χ0) is 47.8. The van der Waals surface area contributed by atoms with Crippen LogP contribution in [0.15, 0.2) is 60.8 Å². The summed E-state index contributed by atoms with van der Waals surface area (Å²) in [6.45, 7) is 4.07. The van der Waals surface area contributed by atoms with E-state index < -0.39 is 32.5 Å². The number of ether oxygens (including phenoxy) is 2. The second kappa shape index (κ2) is 46.8. The van der Waals surface area contributed by atoms with E-state index in [4.69, 9.17) is 18.5 Å². The summed E-state index contributed by atoms with van der Waals surface area (Å²) < 4.78 is 34.0. The van der Waals surface area contributed by atoms with Gasteiger partial charge in [0.05, 0.1) is 27.7 Å². The molecule has 0 rings (SSSR count). The zero-order valence-corrected chi connectivity index (χ0v) is 43.6. The molecular weight excluding hydrogens is 834 g/mol. The summed E-state index contributed by atoms with van der Waals surface area (Å²) >= 11 is 0. The summed E-state index contributed by atoms with van der Waals surface area (Å²) in [6, 6.07) is 0. The Morgan fingerprint density at radius 1 is 0.492 bits per heavy atom. The summed E-state index contributed by atoms with van der Waals surface area (Å²) in [5.74, 6) is -0.897. The highest BCUT2D eigenvalue weighted by Gasteiger charge is 2.21. The molecule has 0 aliphatic rings. The normalized spacial score (nSPS) is 13.9. The number of phosphoric acid groups is 1. The first-order chi connectivity index (χ1) is 31.5. The Labute approximate surface area is 400 Å². The lowest BCUT2D eigenvalue weighted by Crippen LogP contribution is -2.37. The molecule has 0 radical (unpaired) electrons. The van der Waals surface area contributed by atoms with Crippen molar-refractivity contribution in [3.8, 4) is 0 Å². The van der Waals surface area contributed by atoms with Gasteiger partial charge >= 0.3 is 11.9 Å². The van der Waals surface area contributed by atoms with Crippen LogP contribution in [0.3, 0.4) is 0 Å². The van der Waals surface area contributed by atoms with Crippen LogP contribution in [0.1, 0.15) is 226 Å². The molecule has 10 heteroatoms. The molecule has 0 heterocycles. The van der Waals surface area contributed by atoms with Crippen LogP contribution in [0.2, 0.25) is 0 Å². The van der Waals surface area contributed by atoms with Crippen molar-refractivity contribution in [1.82, 2.24) is 0 Å². The minimum atomic E-state index is -4.65. The van der Waals surface area contributed by atoms with Gasteiger partial charge in [0.1, 0.15) is 19.8 Å². The maximum absolute atomic E-state index is 12.7. The number of carbonyl (C=O) groups is 2. The molecule has 65 heavy (non-hydrogen) atoms. The lowest BCUT2D eigenvalue weighted by molar-refractivity contribution is -0.870. The first kappa shape index (κ1) is 62.7. The highest BCUT2D eigenvalue weighted by molar-refractivity contribution is 7.45. The molecule has 0 spiro atoms. The van der Waals surface area contributed by atoms with E-state index in [1.807, 2.05) is 27.2 Å². The molecule has 2 unspecified atom stereocenters. The third-order valence-corrected chi connectivity index (χ3v) is 12.3. The van der Waals surface area contributed by atoms with Crippen LogP contribution < -0.4 is 4.89 Å². The van der Waals surface area contributed by atoms with Crippen molar-refractivity contribution in [2.24, 2.45) is 0 Å². The predicted octanol–water partition coefficient (Wildman–Crippen LogP) is 15.3. The summed E-state index contributed by atoms with van der Waals surface area (Å²) in [4.78, 5) is 37.7. The summed E-state index contributed by atoms with van der Waals surface area (Å²) in [6.07, 6.45) is 58.5. The van der Waals surface area contributed by atoms with E-state index in [0.717, 1.165) is 51.4 Å². The van der Waals surface area contributed by atoms with Crippen LogP contribution in [0.5, 0.6) is 0 Å². The smallest absolute Gasteiger partial charge is 0.306 e. The van der Waals surface area contributed by atoms with Gasteiger partial charge in [-0.1, -0.05) is 222 Å². The second-order valence-electron chi connectivity index (χ2n) is 18.9. The Kier molecular flexibility index (Phi) is 45.2. The van der Waals surface area contributed by atoms with Crippen LogP contribution in [0.4, 0.5) is 0 Å². The highest BCUT2D eigenvalue weighted by Crippen LogP contribution is 2.38. The molecule has 0 amide bonds. The van der Waals surface area contributed by atoms with Gasteiger partial charge in [0, 0.05) is 12.8 Å². The average molecular weight is 934 g/mol. The molecule has 0 saturated heterocycles. The van der Waals surface area contributed by atoms with E-state index in [2.05, 4.69) is 68.5 Å². The van der Waals surface area contributed by atoms with Crippen molar-refractivity contribution < 1.29 is 42.1 Å². The van der Waals surface area contributed by atoms with E-state index in [0.29, 0.717) is 23.9 Å². The maximum Gasteiger partial charge on any atom is 0.306 e. The summed E-state index contributed by atoms with van der Waals surface area (Å²) in [7, 11) is 1.13. The molecule has 0 aromatic rings. The van der Waals surface area contributed by atoms with Crippen molar-refractivity contribution in [1.29, 1.82) is 0 Å². The van der Waals surface area contributed by atoms with Gasteiger partial charge in [0.25, 0.3) is 7.82 Å². The van der Waals surface area contributed by atoms with Crippen LogP contribution in [-0.4, -0.2) is 70.0 Å². The second-order valence-corrected chi connectivity index (χ2v) is 20.3. The molecule has 0 aromatic heterocycles. The molecule has 0 bridgehead atoms. The Morgan fingerprint density at radius 3 is 1.29 bits per heavy atom. The third-order valence-electron chi connectivity index (χ3n) is 11.3. The van der Waals surface area contributed by atoms with E-state index in [1.54, 1.807) is 0 Å². The van der Waals surface area contributed by atoms with Gasteiger partial charge in [-0.05, 0) is 51.4 Å². The number of phosphoric ester groups is 1. The fourth-order valence-corrected chi connectivity index (χ4v) is 7.95. The van der Waals surface area contributed by atoms with Gasteiger partial charge in [0.15, 0.2) is 6.10 Å². The van der Waals surface area contributed by atoms with Crippen LogP contribution in [0, 0.1) is 0 Å². The van der Waals surface area contributed by atoms with E-state index in [1.165, 1.54) is 135 Å². The van der Waals surface area contributed by atoms with E-state index in [-0.39, 0.29) is 26.1 Å². The molecule has 0 fully saturated rings. The molecule has 0 saturated carbocycles. The first-order valence-electron chi connectivity index (χ1n) is 26.5. The van der Waals surface area contributed by atoms with Gasteiger partial charge in [-0.15, -0.1) is 0 Å². The van der Waals surface area contributed by atoms with Crippen molar-refractivity contribution in [3.63, 3.8) is 0 Å². The minimum Gasteiger partial charge on any atom is -0.756 e. The molecule has 0 aromatic carbocycles. The molecule has 2 atom stereocenters. The molecule has 9 nitrogen and oxygen atoms in total. The predicted molar refractivity (Wildman–Crippen MR) is 273 cm³/mol. The lowest BCUT2D eigenvalue weighted by Gasteiger charge is -2.28. The van der Waals surface area contributed by atoms with Crippen molar-refractivity contribution >= 4 is 19.8 Å². The van der Waals surface area contributed by atoms with Crippen molar-refractivity contribution in [3.05, 3.63) is 60.8 Å². The number of hydrogen-bond donors (Lipinski definition) is 0. The van der Waals surface area contributed by atoms with Gasteiger partial charge < -0.3 is 27.9 Å². The summed E-state index contributed by atoms with van der Waals surface area (Å²) in [5, 5.41) is 0. The maximum atomic E-state index is 12.7. The summed E-state index contributed by atoms with van der Waals surface area (Å²) in [5.41, 5.74) is 0. The average Bonchev–Trinajstić information content (AvgIpc) is 3.26. The Morgan fingerprint density at radius 2 is 0.877 bits per heavy atom. The number of likely N-dealkylation sites (N-methyl/N-ethyl adjacent to an activating group) is 1. The number of carbonyl (C=O) groups excluding carboxylic acids is 2. The Balaban J connectivity index is 4.24. The van der Waals surface area contributed by atoms with Gasteiger partial charge in [-0.3, -0.25) is 14.2 Å². The van der Waals surface area contributed by atoms with E-state index >= 15 is 0 Å². The topological polar surface area (TPSA) is 111 Å². The first-order valence-corrected chi connectivity index (χ1v) is 28.0. The van der Waals surface area contributed by atoms with Crippen LogP contribution in [-0.2, 0) is 32.7 Å². The monoisotopic (exact) mass is 934 g/mol. The highest BCUT2D eigenvalue weighted by atomic mass is 31.2. The van der Waals surface area contributed by atoms with E-state index in [9.17, 15) is 19.0 Å². The van der Waals surface area contributed by atoms with Crippen LogP contribution in [0.25, 0.3) is 0 Å². The number of hydrogen-bond acceptors (Lipinski definition) is 8. The Hall–Kier alpha value is -2.29. The SMILES string of the molecule is CC/C=C\C/C=C\C/C=C\C/C=C\C/C=C\CCCC(=O)OC(COC(=O)CCCCCCCCCCCCCCCCCCCCCCCCCC)COP(=O)([O-])OCC[N+](C)(C)C. The minimum absolute atomic E-state index is 0.0426. The lowest BCUT2D eigenvalue weighted by atomic mass is 10.0. The van der Waals surface area contributed by atoms with Gasteiger partial charge in [-0.2, -0.15) is 0 Å². The largest absolute Gasteiger partial charge is 0.756 e. The van der Waals surface area contributed by atoms with Crippen molar-refractivity contribution in [2.75, 3.05) is 47.5 Å². The molecule has 0 aliphatic carbocycles. The fourth-order valence-electron chi connectivity index (χ4n) is 7.22.